The fourth-order valence-corrected chi connectivity index (χ4v) is 4.88. The number of rotatable bonds is 6. The van der Waals surface area contributed by atoms with E-state index in [0.717, 1.165) is 5.56 Å². The second-order valence-electron chi connectivity index (χ2n) is 7.64. The van der Waals surface area contributed by atoms with Gasteiger partial charge in [-0.3, -0.25) is 0 Å². The molecule has 1 unspecified atom stereocenters. The third-order valence-electron chi connectivity index (χ3n) is 5.25. The van der Waals surface area contributed by atoms with Crippen molar-refractivity contribution in [2.24, 2.45) is 10.1 Å². The van der Waals surface area contributed by atoms with Crippen molar-refractivity contribution < 1.29 is 17.2 Å². The van der Waals surface area contributed by atoms with Crippen LogP contribution in [0, 0.1) is 5.82 Å². The van der Waals surface area contributed by atoms with Crippen molar-refractivity contribution in [3.63, 3.8) is 0 Å². The highest BCUT2D eigenvalue weighted by Gasteiger charge is 2.33. The molecule has 0 saturated carbocycles. The average Bonchev–Trinajstić information content (AvgIpc) is 3.28. The Morgan fingerprint density at radius 1 is 1.06 bits per heavy atom. The fraction of sp³-hybridized carbons (Fsp3) is 0.167. The highest BCUT2D eigenvalue weighted by molar-refractivity contribution is 7.90. The van der Waals surface area contributed by atoms with Gasteiger partial charge in [-0.1, -0.05) is 47.5 Å². The zero-order valence-corrected chi connectivity index (χ0v) is 20.5. The van der Waals surface area contributed by atoms with Crippen LogP contribution < -0.4 is 4.72 Å². The van der Waals surface area contributed by atoms with Crippen molar-refractivity contribution in [1.82, 2.24) is 9.73 Å². The third kappa shape index (κ3) is 5.98. The lowest BCUT2D eigenvalue weighted by atomic mass is 9.90. The molecule has 1 aliphatic heterocycles. The van der Waals surface area contributed by atoms with Gasteiger partial charge in [0.25, 0.3) is 10.0 Å². The zero-order valence-electron chi connectivity index (χ0n) is 18.2. The molecule has 35 heavy (non-hydrogen) atoms. The standard InChI is InChI=1S/C24H20Cl2F2N4O2S/c25-18-6-4-16(5-7-18)23-22(17-2-1-3-20(28)14-17)15-32(30-23)24(29-13-12-27)31-35(33,34)21-10-8-19(26)9-11-21/h1-11,14,22H,12-13,15H2,(H,29,31). The van der Waals surface area contributed by atoms with Crippen molar-refractivity contribution in [2.75, 3.05) is 19.8 Å². The van der Waals surface area contributed by atoms with Crippen molar-refractivity contribution in [1.29, 1.82) is 0 Å². The summed E-state index contributed by atoms with van der Waals surface area (Å²) in [6.07, 6.45) is 0. The molecule has 0 aromatic heterocycles. The van der Waals surface area contributed by atoms with Gasteiger partial charge in [0.05, 0.1) is 23.7 Å². The second-order valence-corrected chi connectivity index (χ2v) is 10.2. The van der Waals surface area contributed by atoms with Crippen molar-refractivity contribution in [3.05, 3.63) is 99.8 Å². The number of hydrogen-bond donors (Lipinski definition) is 1. The average molecular weight is 537 g/mol. The van der Waals surface area contributed by atoms with Gasteiger partial charge in [-0.2, -0.15) is 5.10 Å². The SMILES string of the molecule is O=S(=O)(NC(=NCCF)N1CC(c2cccc(F)c2)C(c2ccc(Cl)cc2)=N1)c1ccc(Cl)cc1. The molecule has 6 nitrogen and oxygen atoms in total. The van der Waals surface area contributed by atoms with Crippen LogP contribution in [0.3, 0.4) is 0 Å². The Bertz CT molecular complexity index is 1370. The molecule has 0 radical (unpaired) electrons. The van der Waals surface area contributed by atoms with E-state index in [4.69, 9.17) is 23.2 Å². The monoisotopic (exact) mass is 536 g/mol. The number of benzene rings is 3. The molecular formula is C24H20Cl2F2N4O2S. The number of hydrogen-bond acceptors (Lipinski definition) is 4. The van der Waals surface area contributed by atoms with Gasteiger partial charge >= 0.3 is 0 Å². The Kier molecular flexibility index (Phi) is 7.69. The molecule has 0 spiro atoms. The maximum absolute atomic E-state index is 14.0. The summed E-state index contributed by atoms with van der Waals surface area (Å²) in [4.78, 5) is 4.05. The summed E-state index contributed by atoms with van der Waals surface area (Å²) in [5.41, 5.74) is 1.93. The first-order valence-electron chi connectivity index (χ1n) is 10.5. The summed E-state index contributed by atoms with van der Waals surface area (Å²) in [6, 6.07) is 18.6. The largest absolute Gasteiger partial charge is 0.264 e. The first-order valence-corrected chi connectivity index (χ1v) is 12.8. The number of alkyl halides is 1. The molecular weight excluding hydrogens is 517 g/mol. The Morgan fingerprint density at radius 2 is 1.71 bits per heavy atom. The minimum atomic E-state index is -4.07. The maximum Gasteiger partial charge on any atom is 0.264 e. The quantitative estimate of drug-likeness (QED) is 0.345. The van der Waals surface area contributed by atoms with E-state index in [9.17, 15) is 17.2 Å². The summed E-state index contributed by atoms with van der Waals surface area (Å²) < 4.78 is 55.4. The van der Waals surface area contributed by atoms with Crippen LogP contribution >= 0.6 is 23.2 Å². The molecule has 3 aromatic rings. The molecule has 0 amide bonds. The molecule has 0 aliphatic carbocycles. The van der Waals surface area contributed by atoms with Crippen LogP contribution in [-0.2, 0) is 10.0 Å². The molecule has 0 fully saturated rings. The van der Waals surface area contributed by atoms with E-state index in [2.05, 4.69) is 14.8 Å². The van der Waals surface area contributed by atoms with Gasteiger partial charge in [0.1, 0.15) is 12.5 Å². The van der Waals surface area contributed by atoms with Gasteiger partial charge in [-0.25, -0.2) is 31.9 Å². The van der Waals surface area contributed by atoms with Crippen LogP contribution in [0.4, 0.5) is 8.78 Å². The van der Waals surface area contributed by atoms with Crippen LogP contribution in [0.1, 0.15) is 17.0 Å². The third-order valence-corrected chi connectivity index (χ3v) is 7.09. The van der Waals surface area contributed by atoms with E-state index in [1.54, 1.807) is 36.4 Å². The normalized spacial score (nSPS) is 16.3. The maximum atomic E-state index is 14.0. The molecule has 182 valence electrons. The molecule has 11 heteroatoms. The van der Waals surface area contributed by atoms with Crippen molar-refractivity contribution in [2.45, 2.75) is 10.8 Å². The number of hydrazone groups is 1. The predicted octanol–water partition coefficient (Wildman–Crippen LogP) is 5.24. The fourth-order valence-electron chi connectivity index (χ4n) is 3.61. The van der Waals surface area contributed by atoms with Crippen LogP contribution in [0.25, 0.3) is 0 Å². The number of nitrogens with zero attached hydrogens (tertiary/aromatic N) is 3. The van der Waals surface area contributed by atoms with E-state index in [0.29, 0.717) is 21.3 Å². The number of nitrogens with one attached hydrogen (secondary N) is 1. The Hall–Kier alpha value is -3.01. The first kappa shape index (κ1) is 25.1. The first-order chi connectivity index (χ1) is 16.8. The molecule has 3 aromatic carbocycles. The lowest BCUT2D eigenvalue weighted by molar-refractivity contribution is 0.453. The van der Waals surface area contributed by atoms with E-state index in [-0.39, 0.29) is 23.9 Å². The second kappa shape index (κ2) is 10.7. The summed E-state index contributed by atoms with van der Waals surface area (Å²) in [7, 11) is -4.07. The molecule has 1 N–H and O–H groups in total. The minimum Gasteiger partial charge on any atom is -0.249 e. The Morgan fingerprint density at radius 3 is 2.34 bits per heavy atom. The Labute approximate surface area is 211 Å². The van der Waals surface area contributed by atoms with Crippen LogP contribution in [-0.4, -0.2) is 44.9 Å². The minimum absolute atomic E-state index is 0.0439. The summed E-state index contributed by atoms with van der Waals surface area (Å²) >= 11 is 11.9. The lowest BCUT2D eigenvalue weighted by Crippen LogP contribution is -2.41. The zero-order chi connectivity index (χ0) is 25.0. The molecule has 1 heterocycles. The highest BCUT2D eigenvalue weighted by atomic mass is 35.5. The lowest BCUT2D eigenvalue weighted by Gasteiger charge is -2.20. The number of halogens is 4. The van der Waals surface area contributed by atoms with E-state index in [1.165, 1.54) is 41.4 Å². The van der Waals surface area contributed by atoms with Gasteiger partial charge in [-0.15, -0.1) is 0 Å². The topological polar surface area (TPSA) is 74.1 Å². The summed E-state index contributed by atoms with van der Waals surface area (Å²) in [5, 5.41) is 6.87. The number of guanidine groups is 1. The van der Waals surface area contributed by atoms with E-state index < -0.39 is 28.4 Å². The highest BCUT2D eigenvalue weighted by Crippen LogP contribution is 2.30. The summed E-state index contributed by atoms with van der Waals surface area (Å²) in [6.45, 7) is -0.915. The van der Waals surface area contributed by atoms with Gasteiger partial charge in [0.2, 0.25) is 5.96 Å². The van der Waals surface area contributed by atoms with Gasteiger partial charge < -0.3 is 0 Å². The smallest absolute Gasteiger partial charge is 0.249 e. The molecule has 4 rings (SSSR count). The Balaban J connectivity index is 1.72. The molecule has 0 saturated heterocycles. The van der Waals surface area contributed by atoms with Crippen molar-refractivity contribution >= 4 is 44.9 Å². The van der Waals surface area contributed by atoms with Crippen LogP contribution in [0.2, 0.25) is 10.0 Å². The predicted molar refractivity (Wildman–Crippen MR) is 134 cm³/mol. The van der Waals surface area contributed by atoms with Gasteiger partial charge in [0.15, 0.2) is 0 Å². The summed E-state index contributed by atoms with van der Waals surface area (Å²) in [5.74, 6) is -0.975. The van der Waals surface area contributed by atoms with Crippen LogP contribution in [0.15, 0.2) is 87.8 Å². The molecule has 0 bridgehead atoms. The molecule has 1 atom stereocenters. The van der Waals surface area contributed by atoms with Crippen molar-refractivity contribution in [3.8, 4) is 0 Å². The van der Waals surface area contributed by atoms with E-state index >= 15 is 0 Å². The van der Waals surface area contributed by atoms with Gasteiger partial charge in [-0.05, 0) is 59.7 Å². The van der Waals surface area contributed by atoms with E-state index in [1.807, 2.05) is 0 Å². The van der Waals surface area contributed by atoms with Crippen LogP contribution in [0.5, 0.6) is 0 Å². The number of aliphatic imine (C=N–C) groups is 1. The molecule has 1 aliphatic rings. The number of sulfonamides is 1. The van der Waals surface area contributed by atoms with Gasteiger partial charge in [0, 0.05) is 16.0 Å².